The molecule has 0 radical (unpaired) electrons. The Labute approximate surface area is 183 Å². The van der Waals surface area contributed by atoms with Gasteiger partial charge < -0.3 is 19.1 Å². The summed E-state index contributed by atoms with van der Waals surface area (Å²) in [4.78, 5) is 17.3. The van der Waals surface area contributed by atoms with Gasteiger partial charge in [0.1, 0.15) is 5.75 Å². The Bertz CT molecular complexity index is 807. The summed E-state index contributed by atoms with van der Waals surface area (Å²) in [6.07, 6.45) is 0.490. The minimum Gasteiger partial charge on any atom is -0.495 e. The molecule has 0 atom stereocenters. The number of hydrogen-bond donors (Lipinski definition) is 0. The molecule has 1 aliphatic heterocycles. The first-order valence-electron chi connectivity index (χ1n) is 9.51. The second kappa shape index (κ2) is 11.1. The largest absolute Gasteiger partial charge is 0.495 e. The van der Waals surface area contributed by atoms with Crippen molar-refractivity contribution in [1.82, 2.24) is 4.90 Å². The summed E-state index contributed by atoms with van der Waals surface area (Å²) in [5.74, 6) is 2.23. The van der Waals surface area contributed by atoms with E-state index in [1.807, 2.05) is 18.2 Å². The summed E-state index contributed by atoms with van der Waals surface area (Å²) in [6.45, 7) is 4.46. The maximum atomic E-state index is 12.6. The minimum atomic E-state index is 0. The van der Waals surface area contributed by atoms with E-state index in [9.17, 15) is 4.79 Å². The van der Waals surface area contributed by atoms with Gasteiger partial charge in [-0.25, -0.2) is 0 Å². The molecule has 2 aromatic carbocycles. The maximum Gasteiger partial charge on any atom is 0.164 e. The normalized spacial score (nSPS) is 14.1. The predicted octanol–water partition coefficient (Wildman–Crippen LogP) is 3.69. The van der Waals surface area contributed by atoms with Crippen LogP contribution in [-0.2, 0) is 0 Å². The van der Waals surface area contributed by atoms with Crippen LogP contribution in [0.5, 0.6) is 17.2 Å². The maximum absolute atomic E-state index is 12.6. The van der Waals surface area contributed by atoms with Crippen LogP contribution >= 0.6 is 17.0 Å². The molecule has 0 N–H and O–H groups in total. The average molecular weight is 465 g/mol. The number of nitrogens with zero attached hydrogens (tertiary/aromatic N) is 2. The molecule has 0 spiro atoms. The molecule has 0 bridgehead atoms. The topological polar surface area (TPSA) is 51.2 Å². The van der Waals surface area contributed by atoms with Crippen LogP contribution in [-0.4, -0.2) is 64.7 Å². The van der Waals surface area contributed by atoms with Crippen LogP contribution in [0.2, 0.25) is 0 Å². The van der Waals surface area contributed by atoms with Gasteiger partial charge in [-0.15, -0.1) is 17.0 Å². The Kier molecular flexibility index (Phi) is 8.79. The molecule has 158 valence electrons. The van der Waals surface area contributed by atoms with E-state index in [-0.39, 0.29) is 22.8 Å². The second-order valence-electron chi connectivity index (χ2n) is 6.74. The van der Waals surface area contributed by atoms with E-state index in [0.717, 1.165) is 44.2 Å². The molecule has 1 saturated heterocycles. The third-order valence-corrected chi connectivity index (χ3v) is 5.16. The number of benzene rings is 2. The molecule has 1 aliphatic rings. The molecule has 2 aromatic rings. The number of carbonyl (C=O) groups is 1. The van der Waals surface area contributed by atoms with Crippen LogP contribution in [0.1, 0.15) is 16.8 Å². The molecule has 0 saturated carbocycles. The molecule has 6 nitrogen and oxygen atoms in total. The van der Waals surface area contributed by atoms with E-state index >= 15 is 0 Å². The van der Waals surface area contributed by atoms with Crippen LogP contribution < -0.4 is 19.1 Å². The Morgan fingerprint density at radius 1 is 0.862 bits per heavy atom. The van der Waals surface area contributed by atoms with Crippen LogP contribution in [0.15, 0.2) is 42.5 Å². The fourth-order valence-electron chi connectivity index (χ4n) is 3.52. The molecule has 29 heavy (non-hydrogen) atoms. The van der Waals surface area contributed by atoms with Crippen LogP contribution in [0, 0.1) is 0 Å². The lowest BCUT2D eigenvalue weighted by molar-refractivity contribution is 0.0962. The summed E-state index contributed by atoms with van der Waals surface area (Å²) in [6, 6.07) is 13.4. The number of carbonyl (C=O) groups excluding carboxylic acids is 1. The number of halogens is 1. The fourth-order valence-corrected chi connectivity index (χ4v) is 3.52. The quantitative estimate of drug-likeness (QED) is 0.555. The highest BCUT2D eigenvalue weighted by Gasteiger charge is 2.20. The molecule has 7 heteroatoms. The van der Waals surface area contributed by atoms with Gasteiger partial charge in [0.05, 0.1) is 27.0 Å². The van der Waals surface area contributed by atoms with E-state index in [2.05, 4.69) is 15.9 Å². The summed E-state index contributed by atoms with van der Waals surface area (Å²) in [5, 5.41) is 0. The molecular weight excluding hydrogens is 436 g/mol. The fraction of sp³-hybridized carbons (Fsp3) is 0.409. The summed E-state index contributed by atoms with van der Waals surface area (Å²) < 4.78 is 16.0. The molecule has 1 fully saturated rings. The first kappa shape index (κ1) is 23.0. The van der Waals surface area contributed by atoms with Crippen LogP contribution in [0.4, 0.5) is 5.69 Å². The highest BCUT2D eigenvalue weighted by Crippen LogP contribution is 2.29. The smallest absolute Gasteiger partial charge is 0.164 e. The number of rotatable bonds is 8. The first-order chi connectivity index (χ1) is 13.7. The van der Waals surface area contributed by atoms with Gasteiger partial charge in [-0.1, -0.05) is 12.1 Å². The minimum absolute atomic E-state index is 0. The number of para-hydroxylation sites is 2. The number of piperazine rings is 1. The Morgan fingerprint density at radius 3 is 2.17 bits per heavy atom. The number of ether oxygens (including phenoxy) is 3. The zero-order valence-corrected chi connectivity index (χ0v) is 18.9. The van der Waals surface area contributed by atoms with Gasteiger partial charge in [-0.05, 0) is 30.3 Å². The van der Waals surface area contributed by atoms with Gasteiger partial charge in [0.15, 0.2) is 17.3 Å². The molecule has 0 aliphatic carbocycles. The van der Waals surface area contributed by atoms with E-state index in [4.69, 9.17) is 14.2 Å². The summed E-state index contributed by atoms with van der Waals surface area (Å²) in [5.41, 5.74) is 1.79. The molecular formula is C22H29BrN2O4. The number of anilines is 1. The van der Waals surface area contributed by atoms with Crippen molar-refractivity contribution in [2.24, 2.45) is 0 Å². The first-order valence-corrected chi connectivity index (χ1v) is 9.51. The van der Waals surface area contributed by atoms with E-state index in [1.165, 1.54) is 0 Å². The Morgan fingerprint density at radius 2 is 1.52 bits per heavy atom. The van der Waals surface area contributed by atoms with E-state index in [0.29, 0.717) is 23.5 Å². The number of hydrogen-bond acceptors (Lipinski definition) is 6. The van der Waals surface area contributed by atoms with Crippen molar-refractivity contribution in [2.75, 3.05) is 59.0 Å². The third kappa shape index (κ3) is 5.64. The van der Waals surface area contributed by atoms with Crippen molar-refractivity contribution >= 4 is 28.5 Å². The van der Waals surface area contributed by atoms with Crippen molar-refractivity contribution in [3.05, 3.63) is 48.0 Å². The number of methoxy groups -OCH3 is 3. The van der Waals surface area contributed by atoms with Crippen molar-refractivity contribution < 1.29 is 19.0 Å². The zero-order chi connectivity index (χ0) is 19.9. The van der Waals surface area contributed by atoms with Gasteiger partial charge in [0.25, 0.3) is 0 Å². The van der Waals surface area contributed by atoms with Gasteiger partial charge in [-0.3, -0.25) is 9.69 Å². The highest BCUT2D eigenvalue weighted by molar-refractivity contribution is 8.93. The predicted molar refractivity (Wildman–Crippen MR) is 120 cm³/mol. The summed E-state index contributed by atoms with van der Waals surface area (Å²) >= 11 is 0. The molecule has 1 heterocycles. The Hall–Kier alpha value is -2.25. The lowest BCUT2D eigenvalue weighted by Gasteiger charge is -2.36. The van der Waals surface area contributed by atoms with E-state index < -0.39 is 0 Å². The lowest BCUT2D eigenvalue weighted by atomic mass is 10.1. The van der Waals surface area contributed by atoms with Crippen molar-refractivity contribution in [3.8, 4) is 17.2 Å². The number of Topliss-reactive ketones (excluding diaryl/α,β-unsaturated/α-hetero) is 1. The molecule has 0 aromatic heterocycles. The van der Waals surface area contributed by atoms with Crippen molar-refractivity contribution in [2.45, 2.75) is 6.42 Å². The summed E-state index contributed by atoms with van der Waals surface area (Å²) in [7, 11) is 4.87. The lowest BCUT2D eigenvalue weighted by Crippen LogP contribution is -2.47. The van der Waals surface area contributed by atoms with Gasteiger partial charge in [-0.2, -0.15) is 0 Å². The SMILES string of the molecule is Br.COc1ccc(C(=O)CCN2CCN(c3ccccc3OC)CC2)cc1OC. The van der Waals surface area contributed by atoms with Crippen molar-refractivity contribution in [1.29, 1.82) is 0 Å². The second-order valence-corrected chi connectivity index (χ2v) is 6.74. The molecule has 3 rings (SSSR count). The van der Waals surface area contributed by atoms with Crippen LogP contribution in [0.3, 0.4) is 0 Å². The monoisotopic (exact) mass is 464 g/mol. The number of ketones is 1. The Balaban J connectivity index is 0.00000300. The standard InChI is InChI=1S/C22H28N2O4.BrH/c1-26-20-7-5-4-6-18(20)24-14-12-23(13-15-24)11-10-19(25)17-8-9-21(27-2)22(16-17)28-3;/h4-9,16H,10-15H2,1-3H3;1H. The van der Waals surface area contributed by atoms with Gasteiger partial charge in [0, 0.05) is 44.7 Å². The molecule has 0 amide bonds. The average Bonchev–Trinajstić information content (AvgIpc) is 2.77. The zero-order valence-electron chi connectivity index (χ0n) is 17.2. The highest BCUT2D eigenvalue weighted by atomic mass is 79.9. The third-order valence-electron chi connectivity index (χ3n) is 5.16. The van der Waals surface area contributed by atoms with Gasteiger partial charge >= 0.3 is 0 Å². The van der Waals surface area contributed by atoms with E-state index in [1.54, 1.807) is 39.5 Å². The van der Waals surface area contributed by atoms with Crippen LogP contribution in [0.25, 0.3) is 0 Å². The molecule has 0 unspecified atom stereocenters. The van der Waals surface area contributed by atoms with Crippen molar-refractivity contribution in [3.63, 3.8) is 0 Å². The van der Waals surface area contributed by atoms with Gasteiger partial charge in [0.2, 0.25) is 0 Å².